The second kappa shape index (κ2) is 6.66. The molecule has 2 unspecified atom stereocenters. The summed E-state index contributed by atoms with van der Waals surface area (Å²) in [6, 6.07) is 8.91. The van der Waals surface area contributed by atoms with Gasteiger partial charge in [0.15, 0.2) is 0 Å². The summed E-state index contributed by atoms with van der Waals surface area (Å²) in [4.78, 5) is 0. The monoisotopic (exact) mass is 221 g/mol. The predicted molar refractivity (Wildman–Crippen MR) is 68.8 cm³/mol. The van der Waals surface area contributed by atoms with Gasteiger partial charge >= 0.3 is 0 Å². The van der Waals surface area contributed by atoms with Gasteiger partial charge in [-0.05, 0) is 45.4 Å². The number of rotatable bonds is 6. The van der Waals surface area contributed by atoms with E-state index < -0.39 is 0 Å². The molecule has 16 heavy (non-hydrogen) atoms. The van der Waals surface area contributed by atoms with Crippen molar-refractivity contribution in [1.82, 2.24) is 5.32 Å². The molecule has 0 aliphatic heterocycles. The van der Waals surface area contributed by atoms with Crippen LogP contribution in [0, 0.1) is 6.92 Å². The molecule has 0 fully saturated rings. The number of aryl methyl sites for hydroxylation is 1. The molecule has 1 N–H and O–H groups in total. The lowest BCUT2D eigenvalue weighted by Gasteiger charge is -2.24. The average molecular weight is 221 g/mol. The topological polar surface area (TPSA) is 21.3 Å². The summed E-state index contributed by atoms with van der Waals surface area (Å²) in [6.45, 7) is 7.10. The van der Waals surface area contributed by atoms with E-state index in [1.54, 1.807) is 0 Å². The van der Waals surface area contributed by atoms with E-state index in [1.165, 1.54) is 11.1 Å². The van der Waals surface area contributed by atoms with E-state index in [0.717, 1.165) is 13.0 Å². The van der Waals surface area contributed by atoms with Crippen LogP contribution in [0.25, 0.3) is 0 Å². The fourth-order valence-corrected chi connectivity index (χ4v) is 1.96. The molecule has 90 valence electrons. The Morgan fingerprint density at radius 1 is 1.31 bits per heavy atom. The van der Waals surface area contributed by atoms with E-state index in [0.29, 0.717) is 6.04 Å². The zero-order valence-electron chi connectivity index (χ0n) is 10.8. The third kappa shape index (κ3) is 3.62. The molecule has 2 atom stereocenters. The summed E-state index contributed by atoms with van der Waals surface area (Å²) >= 11 is 0. The highest BCUT2D eigenvalue weighted by molar-refractivity contribution is 5.26. The summed E-state index contributed by atoms with van der Waals surface area (Å²) < 4.78 is 5.64. The Morgan fingerprint density at radius 3 is 2.56 bits per heavy atom. The number of nitrogens with one attached hydrogen (secondary N) is 1. The van der Waals surface area contributed by atoms with Crippen LogP contribution in [0.15, 0.2) is 24.3 Å². The SMILES string of the molecule is CCOC(C)C(Cc1ccccc1C)NC. The molecule has 1 rings (SSSR count). The molecule has 0 saturated heterocycles. The molecule has 2 nitrogen and oxygen atoms in total. The lowest BCUT2D eigenvalue weighted by Crippen LogP contribution is -2.39. The van der Waals surface area contributed by atoms with Crippen molar-refractivity contribution in [2.75, 3.05) is 13.7 Å². The second-order valence-electron chi connectivity index (χ2n) is 4.19. The highest BCUT2D eigenvalue weighted by atomic mass is 16.5. The molecule has 2 heteroatoms. The van der Waals surface area contributed by atoms with Crippen molar-refractivity contribution in [1.29, 1.82) is 0 Å². The normalized spacial score (nSPS) is 14.8. The van der Waals surface area contributed by atoms with Crippen LogP contribution in [-0.4, -0.2) is 25.8 Å². The van der Waals surface area contributed by atoms with Crippen molar-refractivity contribution in [2.24, 2.45) is 0 Å². The van der Waals surface area contributed by atoms with Crippen molar-refractivity contribution >= 4 is 0 Å². The standard InChI is InChI=1S/C14H23NO/c1-5-16-12(3)14(15-4)10-13-9-7-6-8-11(13)2/h6-9,12,14-15H,5,10H2,1-4H3. The number of likely N-dealkylation sites (N-methyl/N-ethyl adjacent to an activating group) is 1. The van der Waals surface area contributed by atoms with Crippen LogP contribution in [0.3, 0.4) is 0 Å². The Balaban J connectivity index is 2.66. The number of benzene rings is 1. The van der Waals surface area contributed by atoms with Crippen LogP contribution in [0.4, 0.5) is 0 Å². The van der Waals surface area contributed by atoms with Crippen molar-refractivity contribution in [3.05, 3.63) is 35.4 Å². The molecule has 0 bridgehead atoms. The Hall–Kier alpha value is -0.860. The molecule has 0 saturated carbocycles. The molecule has 0 heterocycles. The van der Waals surface area contributed by atoms with E-state index in [2.05, 4.69) is 43.4 Å². The van der Waals surface area contributed by atoms with Crippen molar-refractivity contribution < 1.29 is 4.74 Å². The Morgan fingerprint density at radius 2 is 2.00 bits per heavy atom. The van der Waals surface area contributed by atoms with Crippen LogP contribution in [0.5, 0.6) is 0 Å². The molecular weight excluding hydrogens is 198 g/mol. The minimum absolute atomic E-state index is 0.245. The number of hydrogen-bond donors (Lipinski definition) is 1. The fourth-order valence-electron chi connectivity index (χ4n) is 1.96. The largest absolute Gasteiger partial charge is 0.377 e. The molecule has 0 aliphatic carbocycles. The van der Waals surface area contributed by atoms with E-state index >= 15 is 0 Å². The van der Waals surface area contributed by atoms with Gasteiger partial charge < -0.3 is 10.1 Å². The predicted octanol–water partition coefficient (Wildman–Crippen LogP) is 2.55. The summed E-state index contributed by atoms with van der Waals surface area (Å²) in [7, 11) is 2.00. The fraction of sp³-hybridized carbons (Fsp3) is 0.571. The Kier molecular flexibility index (Phi) is 5.50. The van der Waals surface area contributed by atoms with Gasteiger partial charge in [0.25, 0.3) is 0 Å². The molecule has 0 aromatic heterocycles. The first-order valence-corrected chi connectivity index (χ1v) is 6.02. The molecule has 0 amide bonds. The lowest BCUT2D eigenvalue weighted by molar-refractivity contribution is 0.0496. The zero-order chi connectivity index (χ0) is 12.0. The van der Waals surface area contributed by atoms with Crippen molar-refractivity contribution in [3.8, 4) is 0 Å². The van der Waals surface area contributed by atoms with Crippen LogP contribution < -0.4 is 5.32 Å². The Labute approximate surface area is 99.0 Å². The first-order valence-electron chi connectivity index (χ1n) is 6.02. The maximum Gasteiger partial charge on any atom is 0.0702 e. The number of hydrogen-bond acceptors (Lipinski definition) is 2. The molecular formula is C14H23NO. The van der Waals surface area contributed by atoms with E-state index in [1.807, 2.05) is 14.0 Å². The van der Waals surface area contributed by atoms with Gasteiger partial charge in [-0.1, -0.05) is 24.3 Å². The van der Waals surface area contributed by atoms with Gasteiger partial charge in [-0.25, -0.2) is 0 Å². The summed E-state index contributed by atoms with van der Waals surface area (Å²) in [6.07, 6.45) is 1.26. The van der Waals surface area contributed by atoms with E-state index in [-0.39, 0.29) is 6.10 Å². The smallest absolute Gasteiger partial charge is 0.0702 e. The minimum atomic E-state index is 0.245. The molecule has 0 spiro atoms. The van der Waals surface area contributed by atoms with Gasteiger partial charge in [-0.3, -0.25) is 0 Å². The van der Waals surface area contributed by atoms with E-state index in [9.17, 15) is 0 Å². The highest BCUT2D eigenvalue weighted by Gasteiger charge is 2.16. The van der Waals surface area contributed by atoms with Crippen LogP contribution in [0.2, 0.25) is 0 Å². The van der Waals surface area contributed by atoms with Gasteiger partial charge in [0.1, 0.15) is 0 Å². The molecule has 0 radical (unpaired) electrons. The summed E-state index contributed by atoms with van der Waals surface area (Å²) in [5.74, 6) is 0. The Bertz CT molecular complexity index is 311. The third-order valence-electron chi connectivity index (χ3n) is 3.07. The first kappa shape index (κ1) is 13.2. The molecule has 0 aliphatic rings. The summed E-state index contributed by atoms with van der Waals surface area (Å²) in [5, 5.41) is 3.34. The zero-order valence-corrected chi connectivity index (χ0v) is 10.8. The average Bonchev–Trinajstić information content (AvgIpc) is 2.28. The van der Waals surface area contributed by atoms with Crippen LogP contribution in [-0.2, 0) is 11.2 Å². The lowest BCUT2D eigenvalue weighted by atomic mass is 9.98. The van der Waals surface area contributed by atoms with Crippen molar-refractivity contribution in [3.63, 3.8) is 0 Å². The van der Waals surface area contributed by atoms with Crippen molar-refractivity contribution in [2.45, 2.75) is 39.3 Å². The molecule has 1 aromatic carbocycles. The minimum Gasteiger partial charge on any atom is -0.377 e. The van der Waals surface area contributed by atoms with Gasteiger partial charge in [-0.15, -0.1) is 0 Å². The maximum absolute atomic E-state index is 5.64. The second-order valence-corrected chi connectivity index (χ2v) is 4.19. The summed E-state index contributed by atoms with van der Waals surface area (Å²) in [5.41, 5.74) is 2.75. The van der Waals surface area contributed by atoms with Crippen LogP contribution in [0.1, 0.15) is 25.0 Å². The van der Waals surface area contributed by atoms with Gasteiger partial charge in [0.2, 0.25) is 0 Å². The quantitative estimate of drug-likeness (QED) is 0.797. The van der Waals surface area contributed by atoms with Gasteiger partial charge in [0, 0.05) is 12.6 Å². The maximum atomic E-state index is 5.64. The number of ether oxygens (including phenoxy) is 1. The van der Waals surface area contributed by atoms with E-state index in [4.69, 9.17) is 4.74 Å². The highest BCUT2D eigenvalue weighted by Crippen LogP contribution is 2.12. The third-order valence-corrected chi connectivity index (χ3v) is 3.07. The first-order chi connectivity index (χ1) is 7.69. The molecule has 1 aromatic rings. The van der Waals surface area contributed by atoms with Gasteiger partial charge in [0.05, 0.1) is 6.10 Å². The van der Waals surface area contributed by atoms with Gasteiger partial charge in [-0.2, -0.15) is 0 Å². The van der Waals surface area contributed by atoms with Crippen LogP contribution >= 0.6 is 0 Å².